The summed E-state index contributed by atoms with van der Waals surface area (Å²) in [4.78, 5) is 41.9. The minimum Gasteiger partial charge on any atom is -0.383 e. The van der Waals surface area contributed by atoms with E-state index >= 15 is 0 Å². The number of hydrogen-bond donors (Lipinski definition) is 2. The molecule has 0 atom stereocenters. The van der Waals surface area contributed by atoms with Crippen molar-refractivity contribution in [3.05, 3.63) is 20.8 Å². The number of rotatable bonds is 11. The van der Waals surface area contributed by atoms with E-state index in [9.17, 15) is 14.4 Å². The van der Waals surface area contributed by atoms with Gasteiger partial charge in [-0.15, -0.1) is 0 Å². The maximum absolute atomic E-state index is 13.1. The van der Waals surface area contributed by atoms with Gasteiger partial charge in [0.2, 0.25) is 5.91 Å². The molecule has 7 heteroatoms. The maximum Gasteiger partial charge on any atom is 0.330 e. The molecule has 0 bridgehead atoms. The zero-order valence-corrected chi connectivity index (χ0v) is 18.2. The van der Waals surface area contributed by atoms with Gasteiger partial charge in [0.25, 0.3) is 5.56 Å². The normalized spacial score (nSPS) is 14.8. The third-order valence-corrected chi connectivity index (χ3v) is 6.00. The molecule has 0 aromatic carbocycles. The van der Waals surface area contributed by atoms with Crippen LogP contribution in [0.1, 0.15) is 90.9 Å². The standard InChI is InChI=1S/C22H38N4O3/c1-3-5-10-16-25(18(27)14-13-17-11-8-7-9-12-17)19-20(23)26(15-6-4-2)22(29)24-21(19)28/h17H,3-16,23H2,1-2H3,(H,24,28,29). The smallest absolute Gasteiger partial charge is 0.330 e. The summed E-state index contributed by atoms with van der Waals surface area (Å²) in [6.45, 7) is 5.02. The number of nitrogens with zero attached hydrogens (tertiary/aromatic N) is 2. The molecule has 29 heavy (non-hydrogen) atoms. The zero-order valence-electron chi connectivity index (χ0n) is 18.2. The number of unbranched alkanes of at least 4 members (excludes halogenated alkanes) is 3. The van der Waals surface area contributed by atoms with Crippen LogP contribution in [0.2, 0.25) is 0 Å². The Kier molecular flexibility index (Phi) is 9.48. The molecule has 0 saturated heterocycles. The van der Waals surface area contributed by atoms with Crippen molar-refractivity contribution in [1.29, 1.82) is 0 Å². The number of H-pyrrole nitrogens is 1. The molecule has 0 aliphatic heterocycles. The molecule has 3 N–H and O–H groups in total. The summed E-state index contributed by atoms with van der Waals surface area (Å²) in [7, 11) is 0. The van der Waals surface area contributed by atoms with Crippen molar-refractivity contribution in [2.45, 2.75) is 97.4 Å². The Hall–Kier alpha value is -2.05. The van der Waals surface area contributed by atoms with Gasteiger partial charge in [-0.1, -0.05) is 65.2 Å². The Bertz CT molecular complexity index is 762. The number of nitrogens with one attached hydrogen (secondary N) is 1. The van der Waals surface area contributed by atoms with Crippen LogP contribution in [-0.2, 0) is 11.3 Å². The molecule has 1 aromatic heterocycles. The molecule has 1 aromatic rings. The van der Waals surface area contributed by atoms with E-state index in [1.807, 2.05) is 6.92 Å². The number of amides is 1. The van der Waals surface area contributed by atoms with Crippen LogP contribution in [0.25, 0.3) is 0 Å². The molecule has 1 fully saturated rings. The highest BCUT2D eigenvalue weighted by molar-refractivity contribution is 5.95. The van der Waals surface area contributed by atoms with Crippen molar-refractivity contribution in [2.24, 2.45) is 5.92 Å². The first-order chi connectivity index (χ1) is 14.0. The Morgan fingerprint density at radius 3 is 2.45 bits per heavy atom. The number of aromatic nitrogens is 2. The van der Waals surface area contributed by atoms with Gasteiger partial charge < -0.3 is 10.6 Å². The SMILES string of the molecule is CCCCCN(C(=O)CCC1CCCCC1)c1c(N)n(CCCC)c(=O)[nH]c1=O. The Balaban J connectivity index is 2.26. The molecule has 1 amide bonds. The van der Waals surface area contributed by atoms with Crippen LogP contribution in [0.15, 0.2) is 9.59 Å². The van der Waals surface area contributed by atoms with Crippen LogP contribution in [0.5, 0.6) is 0 Å². The average molecular weight is 407 g/mol. The fraction of sp³-hybridized carbons (Fsp3) is 0.773. The predicted molar refractivity (Wildman–Crippen MR) is 118 cm³/mol. The third kappa shape index (κ3) is 6.47. The lowest BCUT2D eigenvalue weighted by molar-refractivity contribution is -0.119. The van der Waals surface area contributed by atoms with E-state index in [2.05, 4.69) is 11.9 Å². The van der Waals surface area contributed by atoms with Gasteiger partial charge in [0, 0.05) is 19.5 Å². The van der Waals surface area contributed by atoms with Gasteiger partial charge in [-0.05, 0) is 25.2 Å². The van der Waals surface area contributed by atoms with Gasteiger partial charge in [0.15, 0.2) is 5.69 Å². The van der Waals surface area contributed by atoms with Crippen molar-refractivity contribution < 1.29 is 4.79 Å². The number of anilines is 2. The van der Waals surface area contributed by atoms with Crippen LogP contribution in [0.4, 0.5) is 11.5 Å². The highest BCUT2D eigenvalue weighted by atomic mass is 16.2. The fourth-order valence-corrected chi connectivity index (χ4v) is 4.20. The van der Waals surface area contributed by atoms with Gasteiger partial charge in [-0.2, -0.15) is 0 Å². The van der Waals surface area contributed by atoms with E-state index in [0.717, 1.165) is 38.5 Å². The second kappa shape index (κ2) is 11.8. The molecule has 2 rings (SSSR count). The molecule has 7 nitrogen and oxygen atoms in total. The van der Waals surface area contributed by atoms with Crippen LogP contribution >= 0.6 is 0 Å². The van der Waals surface area contributed by atoms with Gasteiger partial charge >= 0.3 is 5.69 Å². The summed E-state index contributed by atoms with van der Waals surface area (Å²) in [6, 6.07) is 0. The maximum atomic E-state index is 13.1. The summed E-state index contributed by atoms with van der Waals surface area (Å²) in [5.41, 5.74) is 5.33. The van der Waals surface area contributed by atoms with Crippen LogP contribution in [0.3, 0.4) is 0 Å². The second-order valence-corrected chi connectivity index (χ2v) is 8.29. The molecule has 1 aliphatic carbocycles. The van der Waals surface area contributed by atoms with E-state index < -0.39 is 11.2 Å². The summed E-state index contributed by atoms with van der Waals surface area (Å²) in [6.07, 6.45) is 11.9. The number of nitrogen functional groups attached to an aromatic ring is 1. The van der Waals surface area contributed by atoms with Crippen LogP contribution < -0.4 is 21.9 Å². The van der Waals surface area contributed by atoms with Crippen molar-refractivity contribution in [1.82, 2.24) is 9.55 Å². The topological polar surface area (TPSA) is 101 Å². The summed E-state index contributed by atoms with van der Waals surface area (Å²) < 4.78 is 1.39. The minimum atomic E-state index is -0.567. The van der Waals surface area contributed by atoms with E-state index in [4.69, 9.17) is 5.73 Å². The molecule has 1 heterocycles. The number of aromatic amines is 1. The van der Waals surface area contributed by atoms with Crippen molar-refractivity contribution in [2.75, 3.05) is 17.2 Å². The molecular weight excluding hydrogens is 368 g/mol. The lowest BCUT2D eigenvalue weighted by Crippen LogP contribution is -2.41. The minimum absolute atomic E-state index is 0.0652. The fourth-order valence-electron chi connectivity index (χ4n) is 4.20. The Morgan fingerprint density at radius 2 is 1.79 bits per heavy atom. The number of carbonyl (C=O) groups excluding carboxylic acids is 1. The Morgan fingerprint density at radius 1 is 1.10 bits per heavy atom. The summed E-state index contributed by atoms with van der Waals surface area (Å²) in [5.74, 6) is 0.638. The molecule has 0 unspecified atom stereocenters. The summed E-state index contributed by atoms with van der Waals surface area (Å²) >= 11 is 0. The number of hydrogen-bond acceptors (Lipinski definition) is 4. The van der Waals surface area contributed by atoms with Crippen LogP contribution in [-0.4, -0.2) is 22.0 Å². The quantitative estimate of drug-likeness (QED) is 0.546. The van der Waals surface area contributed by atoms with Gasteiger partial charge in [-0.25, -0.2) is 4.79 Å². The van der Waals surface area contributed by atoms with Crippen LogP contribution in [0, 0.1) is 5.92 Å². The Labute approximate surface area is 173 Å². The predicted octanol–water partition coefficient (Wildman–Crippen LogP) is 3.80. The highest BCUT2D eigenvalue weighted by Crippen LogP contribution is 2.28. The lowest BCUT2D eigenvalue weighted by Gasteiger charge is -2.26. The van der Waals surface area contributed by atoms with E-state index in [-0.39, 0.29) is 17.4 Å². The lowest BCUT2D eigenvalue weighted by atomic mass is 9.86. The van der Waals surface area contributed by atoms with E-state index in [1.54, 1.807) is 0 Å². The second-order valence-electron chi connectivity index (χ2n) is 8.29. The van der Waals surface area contributed by atoms with E-state index in [1.165, 1.54) is 41.6 Å². The van der Waals surface area contributed by atoms with Gasteiger partial charge in [0.05, 0.1) is 0 Å². The molecule has 1 saturated carbocycles. The van der Waals surface area contributed by atoms with Crippen molar-refractivity contribution >= 4 is 17.4 Å². The third-order valence-electron chi connectivity index (χ3n) is 6.00. The first-order valence-corrected chi connectivity index (χ1v) is 11.4. The van der Waals surface area contributed by atoms with Gasteiger partial charge in [0.1, 0.15) is 5.82 Å². The first-order valence-electron chi connectivity index (χ1n) is 11.4. The largest absolute Gasteiger partial charge is 0.383 e. The molecule has 164 valence electrons. The average Bonchev–Trinajstić information content (AvgIpc) is 2.71. The highest BCUT2D eigenvalue weighted by Gasteiger charge is 2.25. The molecular formula is C22H38N4O3. The molecule has 0 spiro atoms. The monoisotopic (exact) mass is 406 g/mol. The van der Waals surface area contributed by atoms with Crippen molar-refractivity contribution in [3.8, 4) is 0 Å². The first kappa shape index (κ1) is 23.2. The zero-order chi connectivity index (χ0) is 21.2. The summed E-state index contributed by atoms with van der Waals surface area (Å²) in [5, 5.41) is 0. The van der Waals surface area contributed by atoms with E-state index in [0.29, 0.717) is 25.4 Å². The van der Waals surface area contributed by atoms with Gasteiger partial charge in [-0.3, -0.25) is 19.1 Å². The molecule has 1 aliphatic rings. The molecule has 0 radical (unpaired) electrons. The number of nitrogens with two attached hydrogens (primary N) is 1. The number of carbonyl (C=O) groups is 1. The van der Waals surface area contributed by atoms with Crippen molar-refractivity contribution in [3.63, 3.8) is 0 Å².